The molecule has 3 rings (SSSR count). The second kappa shape index (κ2) is 5.32. The fourth-order valence-corrected chi connectivity index (χ4v) is 4.42. The number of anilines is 1. The van der Waals surface area contributed by atoms with Gasteiger partial charge < -0.3 is 0 Å². The molecule has 0 unspecified atom stereocenters. The number of aromatic nitrogens is 1. The fourth-order valence-electron chi connectivity index (χ4n) is 1.90. The normalized spacial score (nSPS) is 19.2. The summed E-state index contributed by atoms with van der Waals surface area (Å²) in [5.74, 6) is 0.486. The molecule has 1 aliphatic heterocycles. The third-order valence-electron chi connectivity index (χ3n) is 2.72. The Hall–Kier alpha value is -0.750. The molecule has 0 N–H and O–H groups in total. The van der Waals surface area contributed by atoms with Crippen molar-refractivity contribution < 1.29 is 4.79 Å². The SMILES string of the molecule is O=C1CS[C@@H](c2ccc(Cl)cc2Cl)N1c1nccs1. The maximum Gasteiger partial charge on any atom is 0.240 e. The van der Waals surface area contributed by atoms with Crippen LogP contribution in [0.3, 0.4) is 0 Å². The average molecular weight is 331 g/mol. The van der Waals surface area contributed by atoms with Crippen LogP contribution in [0, 0.1) is 0 Å². The van der Waals surface area contributed by atoms with Crippen LogP contribution in [0.25, 0.3) is 0 Å². The summed E-state index contributed by atoms with van der Waals surface area (Å²) >= 11 is 15.1. The first-order valence-electron chi connectivity index (χ1n) is 5.45. The van der Waals surface area contributed by atoms with Gasteiger partial charge in [-0.05, 0) is 12.1 Å². The summed E-state index contributed by atoms with van der Waals surface area (Å²) in [4.78, 5) is 17.9. The molecular weight excluding hydrogens is 323 g/mol. The molecule has 1 aliphatic rings. The van der Waals surface area contributed by atoms with E-state index in [9.17, 15) is 4.79 Å². The summed E-state index contributed by atoms with van der Waals surface area (Å²) in [6.45, 7) is 0. The molecule has 1 amide bonds. The summed E-state index contributed by atoms with van der Waals surface area (Å²) < 4.78 is 0. The smallest absolute Gasteiger partial charge is 0.240 e. The van der Waals surface area contributed by atoms with Crippen molar-refractivity contribution in [1.29, 1.82) is 0 Å². The van der Waals surface area contributed by atoms with E-state index < -0.39 is 0 Å². The molecular formula is C12H8Cl2N2OS2. The van der Waals surface area contributed by atoms with Crippen molar-refractivity contribution in [3.05, 3.63) is 45.4 Å². The van der Waals surface area contributed by atoms with Gasteiger partial charge in [0.25, 0.3) is 0 Å². The first-order chi connectivity index (χ1) is 9.16. The standard InChI is InChI=1S/C12H8Cl2N2OS2/c13-7-1-2-8(9(14)5-7)11-16(10(17)6-19-11)12-15-3-4-18-12/h1-5,11H,6H2/t11-/m0/s1. The lowest BCUT2D eigenvalue weighted by atomic mass is 10.2. The Morgan fingerprint density at radius 3 is 2.89 bits per heavy atom. The van der Waals surface area contributed by atoms with Gasteiger partial charge in [-0.3, -0.25) is 9.69 Å². The Labute approximate surface area is 128 Å². The van der Waals surface area contributed by atoms with Crippen molar-refractivity contribution in [1.82, 2.24) is 4.98 Å². The number of thioether (sulfide) groups is 1. The van der Waals surface area contributed by atoms with Crippen LogP contribution in [0.15, 0.2) is 29.8 Å². The second-order valence-electron chi connectivity index (χ2n) is 3.91. The Kier molecular flexibility index (Phi) is 3.71. The van der Waals surface area contributed by atoms with Crippen LogP contribution in [0.4, 0.5) is 5.13 Å². The number of amides is 1. The topological polar surface area (TPSA) is 33.2 Å². The van der Waals surface area contributed by atoms with E-state index in [1.165, 1.54) is 11.3 Å². The number of carbonyl (C=O) groups excluding carboxylic acids is 1. The monoisotopic (exact) mass is 330 g/mol. The lowest BCUT2D eigenvalue weighted by molar-refractivity contribution is -0.115. The van der Waals surface area contributed by atoms with E-state index in [2.05, 4.69) is 4.98 Å². The summed E-state index contributed by atoms with van der Waals surface area (Å²) in [7, 11) is 0. The molecule has 19 heavy (non-hydrogen) atoms. The molecule has 1 fully saturated rings. The molecule has 1 aromatic heterocycles. The fraction of sp³-hybridized carbons (Fsp3) is 0.167. The third-order valence-corrected chi connectivity index (χ3v) is 5.25. The van der Waals surface area contributed by atoms with Crippen molar-refractivity contribution in [2.75, 3.05) is 10.7 Å². The van der Waals surface area contributed by atoms with Crippen molar-refractivity contribution in [3.8, 4) is 0 Å². The van der Waals surface area contributed by atoms with E-state index in [1.807, 2.05) is 11.4 Å². The highest BCUT2D eigenvalue weighted by Crippen LogP contribution is 2.44. The number of nitrogens with zero attached hydrogens (tertiary/aromatic N) is 2. The zero-order valence-corrected chi connectivity index (χ0v) is 12.7. The van der Waals surface area contributed by atoms with Gasteiger partial charge in [-0.25, -0.2) is 4.98 Å². The molecule has 0 bridgehead atoms. The number of halogens is 2. The highest BCUT2D eigenvalue weighted by atomic mass is 35.5. The van der Waals surface area contributed by atoms with Crippen LogP contribution in [0.5, 0.6) is 0 Å². The van der Waals surface area contributed by atoms with Gasteiger partial charge in [0.05, 0.1) is 5.75 Å². The average Bonchev–Trinajstić information content (AvgIpc) is 2.98. The van der Waals surface area contributed by atoms with Gasteiger partial charge >= 0.3 is 0 Å². The molecule has 3 nitrogen and oxygen atoms in total. The first-order valence-corrected chi connectivity index (χ1v) is 8.13. The minimum Gasteiger partial charge on any atom is -0.273 e. The zero-order chi connectivity index (χ0) is 13.4. The predicted molar refractivity (Wildman–Crippen MR) is 81.3 cm³/mol. The summed E-state index contributed by atoms with van der Waals surface area (Å²) in [6, 6.07) is 5.34. The number of rotatable bonds is 2. The van der Waals surface area contributed by atoms with Crippen LogP contribution in [0.2, 0.25) is 10.0 Å². The number of hydrogen-bond donors (Lipinski definition) is 0. The largest absolute Gasteiger partial charge is 0.273 e. The van der Waals surface area contributed by atoms with E-state index >= 15 is 0 Å². The van der Waals surface area contributed by atoms with Gasteiger partial charge in [0.15, 0.2) is 5.13 Å². The van der Waals surface area contributed by atoms with Crippen molar-refractivity contribution in [3.63, 3.8) is 0 Å². The molecule has 0 saturated carbocycles. The molecule has 0 aliphatic carbocycles. The number of carbonyl (C=O) groups is 1. The Morgan fingerprint density at radius 1 is 1.37 bits per heavy atom. The van der Waals surface area contributed by atoms with Gasteiger partial charge in [0.2, 0.25) is 5.91 Å². The second-order valence-corrected chi connectivity index (χ2v) is 6.69. The lowest BCUT2D eigenvalue weighted by Crippen LogP contribution is -2.27. The van der Waals surface area contributed by atoms with E-state index in [-0.39, 0.29) is 11.3 Å². The van der Waals surface area contributed by atoms with Crippen LogP contribution in [-0.4, -0.2) is 16.6 Å². The van der Waals surface area contributed by atoms with E-state index in [0.717, 1.165) is 5.56 Å². The number of benzene rings is 1. The van der Waals surface area contributed by atoms with E-state index in [0.29, 0.717) is 20.9 Å². The molecule has 1 atom stereocenters. The molecule has 98 valence electrons. The van der Waals surface area contributed by atoms with Crippen molar-refractivity contribution in [2.24, 2.45) is 0 Å². The van der Waals surface area contributed by atoms with Gasteiger partial charge in [-0.2, -0.15) is 0 Å². The van der Waals surface area contributed by atoms with Crippen molar-refractivity contribution in [2.45, 2.75) is 5.37 Å². The quantitative estimate of drug-likeness (QED) is 0.826. The summed E-state index contributed by atoms with van der Waals surface area (Å²) in [5, 5.41) is 3.58. The summed E-state index contributed by atoms with van der Waals surface area (Å²) in [6.07, 6.45) is 1.69. The highest BCUT2D eigenvalue weighted by Gasteiger charge is 2.36. The van der Waals surface area contributed by atoms with Crippen molar-refractivity contribution >= 4 is 57.3 Å². The Morgan fingerprint density at radius 2 is 2.21 bits per heavy atom. The minimum absolute atomic E-state index is 0.0518. The first kappa shape index (κ1) is 13.2. The van der Waals surface area contributed by atoms with Gasteiger partial charge in [-0.15, -0.1) is 23.1 Å². The van der Waals surface area contributed by atoms with Crippen LogP contribution in [-0.2, 0) is 4.79 Å². The zero-order valence-electron chi connectivity index (χ0n) is 9.55. The van der Waals surface area contributed by atoms with Gasteiger partial charge in [0, 0.05) is 27.2 Å². The van der Waals surface area contributed by atoms with E-state index in [4.69, 9.17) is 23.2 Å². The molecule has 1 saturated heterocycles. The van der Waals surface area contributed by atoms with E-state index in [1.54, 1.807) is 35.0 Å². The highest BCUT2D eigenvalue weighted by molar-refractivity contribution is 8.00. The van der Waals surface area contributed by atoms with Crippen LogP contribution >= 0.6 is 46.3 Å². The molecule has 1 aromatic carbocycles. The molecule has 7 heteroatoms. The minimum atomic E-state index is -0.136. The molecule has 2 aromatic rings. The lowest BCUT2D eigenvalue weighted by Gasteiger charge is -2.22. The third kappa shape index (κ3) is 2.48. The Balaban J connectivity index is 2.01. The van der Waals surface area contributed by atoms with Gasteiger partial charge in [-0.1, -0.05) is 29.3 Å². The number of thiazole rings is 1. The number of hydrogen-bond acceptors (Lipinski definition) is 4. The Bertz CT molecular complexity index is 618. The van der Waals surface area contributed by atoms with Gasteiger partial charge in [0.1, 0.15) is 5.37 Å². The maximum absolute atomic E-state index is 12.0. The summed E-state index contributed by atoms with van der Waals surface area (Å²) in [5.41, 5.74) is 0.886. The van der Waals surface area contributed by atoms with Crippen LogP contribution < -0.4 is 4.90 Å². The van der Waals surface area contributed by atoms with Crippen LogP contribution in [0.1, 0.15) is 10.9 Å². The predicted octanol–water partition coefficient (Wildman–Crippen LogP) is 4.23. The molecule has 2 heterocycles. The molecule has 0 radical (unpaired) electrons. The molecule has 0 spiro atoms. The maximum atomic E-state index is 12.0.